The lowest BCUT2D eigenvalue weighted by Gasteiger charge is -2.29. The molecule has 0 saturated heterocycles. The Morgan fingerprint density at radius 3 is 2.60 bits per heavy atom. The topological polar surface area (TPSA) is 99.5 Å². The van der Waals surface area contributed by atoms with E-state index >= 15 is 0 Å². The smallest absolute Gasteiger partial charge is 0.255 e. The van der Waals surface area contributed by atoms with E-state index in [-0.39, 0.29) is 5.91 Å². The molecule has 0 bridgehead atoms. The van der Waals surface area contributed by atoms with E-state index in [1.54, 1.807) is 23.9 Å². The SMILES string of the molecule is CCCOc1ccc(C2C(C(=O)Nc3ccccc3OC)=C(C)Nc3nc(SCc4ccccc4Cl)nn32)cc1OCC. The average Bonchev–Trinajstić information content (AvgIpc) is 3.42. The predicted octanol–water partition coefficient (Wildman–Crippen LogP) is 7.35. The zero-order chi connectivity index (χ0) is 30.3. The molecule has 224 valence electrons. The number of hydrogen-bond acceptors (Lipinski definition) is 8. The molecule has 0 aliphatic carbocycles. The number of para-hydroxylation sites is 2. The van der Waals surface area contributed by atoms with Crippen molar-refractivity contribution in [1.82, 2.24) is 14.8 Å². The van der Waals surface area contributed by atoms with Gasteiger partial charge in [0.05, 0.1) is 31.6 Å². The van der Waals surface area contributed by atoms with Crippen LogP contribution in [0.2, 0.25) is 5.02 Å². The van der Waals surface area contributed by atoms with E-state index in [1.165, 1.54) is 11.8 Å². The summed E-state index contributed by atoms with van der Waals surface area (Å²) >= 11 is 7.86. The van der Waals surface area contributed by atoms with Crippen LogP contribution < -0.4 is 24.8 Å². The number of hydrogen-bond donors (Lipinski definition) is 2. The third-order valence-electron chi connectivity index (χ3n) is 6.79. The van der Waals surface area contributed by atoms with Crippen LogP contribution in [0, 0.1) is 0 Å². The van der Waals surface area contributed by atoms with Gasteiger partial charge in [0, 0.05) is 16.5 Å². The van der Waals surface area contributed by atoms with Crippen molar-refractivity contribution in [2.45, 2.75) is 44.1 Å². The van der Waals surface area contributed by atoms with Crippen LogP contribution in [0.15, 0.2) is 83.2 Å². The van der Waals surface area contributed by atoms with Crippen LogP contribution in [-0.2, 0) is 10.5 Å². The lowest BCUT2D eigenvalue weighted by Crippen LogP contribution is -2.31. The number of benzene rings is 3. The monoisotopic (exact) mass is 619 g/mol. The average molecular weight is 620 g/mol. The maximum absolute atomic E-state index is 14.0. The van der Waals surface area contributed by atoms with Gasteiger partial charge in [-0.15, -0.1) is 5.10 Å². The Morgan fingerprint density at radius 2 is 1.84 bits per heavy atom. The molecule has 43 heavy (non-hydrogen) atoms. The normalized spacial score (nSPS) is 14.1. The Balaban J connectivity index is 1.55. The highest BCUT2D eigenvalue weighted by molar-refractivity contribution is 7.98. The number of aromatic nitrogens is 3. The number of nitrogens with one attached hydrogen (secondary N) is 2. The number of allylic oxidation sites excluding steroid dienone is 1. The molecule has 0 fully saturated rings. The van der Waals surface area contributed by atoms with Crippen LogP contribution in [0.4, 0.5) is 11.6 Å². The largest absolute Gasteiger partial charge is 0.495 e. The molecular weight excluding hydrogens is 586 g/mol. The van der Waals surface area contributed by atoms with E-state index in [1.807, 2.05) is 68.4 Å². The molecule has 1 aliphatic heterocycles. The number of thioether (sulfide) groups is 1. The van der Waals surface area contributed by atoms with Crippen LogP contribution >= 0.6 is 23.4 Å². The summed E-state index contributed by atoms with van der Waals surface area (Å²) in [5.74, 6) is 2.64. The first kappa shape index (κ1) is 30.3. The van der Waals surface area contributed by atoms with E-state index in [9.17, 15) is 4.79 Å². The predicted molar refractivity (Wildman–Crippen MR) is 171 cm³/mol. The van der Waals surface area contributed by atoms with Crippen molar-refractivity contribution in [2.24, 2.45) is 0 Å². The van der Waals surface area contributed by atoms with E-state index in [2.05, 4.69) is 17.6 Å². The van der Waals surface area contributed by atoms with Gasteiger partial charge < -0.3 is 24.8 Å². The third-order valence-corrected chi connectivity index (χ3v) is 8.05. The second-order valence-corrected chi connectivity index (χ2v) is 11.1. The molecule has 9 nitrogen and oxygen atoms in total. The first-order valence-corrected chi connectivity index (χ1v) is 15.4. The minimum absolute atomic E-state index is 0.296. The van der Waals surface area contributed by atoms with Crippen molar-refractivity contribution in [3.05, 3.63) is 94.1 Å². The minimum Gasteiger partial charge on any atom is -0.495 e. The molecule has 0 radical (unpaired) electrons. The number of nitrogens with zero attached hydrogens (tertiary/aromatic N) is 3. The van der Waals surface area contributed by atoms with Gasteiger partial charge in [0.1, 0.15) is 11.8 Å². The van der Waals surface area contributed by atoms with Gasteiger partial charge in [0.25, 0.3) is 5.91 Å². The summed E-state index contributed by atoms with van der Waals surface area (Å²) in [6, 6.07) is 20.1. The van der Waals surface area contributed by atoms with E-state index in [0.717, 1.165) is 17.5 Å². The summed E-state index contributed by atoms with van der Waals surface area (Å²) in [5, 5.41) is 12.4. The second kappa shape index (κ2) is 13.9. The van der Waals surface area contributed by atoms with Crippen molar-refractivity contribution in [2.75, 3.05) is 31.0 Å². The van der Waals surface area contributed by atoms with Crippen LogP contribution in [0.5, 0.6) is 17.2 Å². The van der Waals surface area contributed by atoms with Crippen molar-refractivity contribution in [3.8, 4) is 17.2 Å². The fourth-order valence-electron chi connectivity index (χ4n) is 4.78. The second-order valence-electron chi connectivity index (χ2n) is 9.75. The first-order chi connectivity index (χ1) is 20.9. The standard InChI is InChI=1S/C32H34ClN5O4S/c1-5-17-42-26-16-15-21(18-27(26)41-6-2)29-28(30(39)35-24-13-9-10-14-25(24)40-4)20(3)34-31-36-32(37-38(29)31)43-19-22-11-7-8-12-23(22)33/h7-16,18,29H,5-6,17,19H2,1-4H3,(H,35,39)(H,34,36,37). The Kier molecular flexibility index (Phi) is 9.79. The highest BCUT2D eigenvalue weighted by Gasteiger charge is 2.35. The van der Waals surface area contributed by atoms with Crippen molar-refractivity contribution in [3.63, 3.8) is 0 Å². The number of halogens is 1. The molecule has 5 rings (SSSR count). The van der Waals surface area contributed by atoms with Crippen LogP contribution in [0.1, 0.15) is 44.4 Å². The third kappa shape index (κ3) is 6.76. The van der Waals surface area contributed by atoms with Crippen molar-refractivity contribution < 1.29 is 19.0 Å². The fraction of sp³-hybridized carbons (Fsp3) is 0.281. The summed E-state index contributed by atoms with van der Waals surface area (Å²) in [6.07, 6.45) is 0.869. The van der Waals surface area contributed by atoms with Crippen LogP contribution in [-0.4, -0.2) is 41.0 Å². The molecule has 2 heterocycles. The number of carbonyl (C=O) groups is 1. The number of ether oxygens (including phenoxy) is 3. The summed E-state index contributed by atoms with van der Waals surface area (Å²) < 4.78 is 19.1. The lowest BCUT2D eigenvalue weighted by molar-refractivity contribution is -0.113. The molecule has 0 saturated carbocycles. The molecule has 0 spiro atoms. The van der Waals surface area contributed by atoms with Gasteiger partial charge >= 0.3 is 0 Å². The summed E-state index contributed by atoms with van der Waals surface area (Å²) in [5.41, 5.74) is 3.49. The molecule has 1 amide bonds. The minimum atomic E-state index is -0.604. The van der Waals surface area contributed by atoms with Gasteiger partial charge in [-0.05, 0) is 61.7 Å². The van der Waals surface area contributed by atoms with Crippen LogP contribution in [0.25, 0.3) is 0 Å². The number of methoxy groups -OCH3 is 1. The van der Waals surface area contributed by atoms with Gasteiger partial charge in [0.2, 0.25) is 11.1 Å². The quantitative estimate of drug-likeness (QED) is 0.159. The van der Waals surface area contributed by atoms with E-state index in [4.69, 9.17) is 35.9 Å². The highest BCUT2D eigenvalue weighted by atomic mass is 35.5. The van der Waals surface area contributed by atoms with Gasteiger partial charge in [-0.3, -0.25) is 4.79 Å². The fourth-order valence-corrected chi connectivity index (χ4v) is 5.90. The molecule has 4 aromatic rings. The van der Waals surface area contributed by atoms with Gasteiger partial charge in [-0.25, -0.2) is 4.68 Å². The van der Waals surface area contributed by atoms with Crippen molar-refractivity contribution in [1.29, 1.82) is 0 Å². The Morgan fingerprint density at radius 1 is 1.05 bits per heavy atom. The maximum Gasteiger partial charge on any atom is 0.255 e. The molecule has 1 aromatic heterocycles. The molecule has 1 unspecified atom stereocenters. The van der Waals surface area contributed by atoms with Gasteiger partial charge in [0.15, 0.2) is 11.5 Å². The van der Waals surface area contributed by atoms with E-state index < -0.39 is 6.04 Å². The Bertz CT molecular complexity index is 1640. The van der Waals surface area contributed by atoms with Crippen LogP contribution in [0.3, 0.4) is 0 Å². The number of fused-ring (bicyclic) bond motifs is 1. The Labute approximate surface area is 260 Å². The molecule has 1 aliphatic rings. The molecule has 3 aromatic carbocycles. The summed E-state index contributed by atoms with van der Waals surface area (Å²) in [6.45, 7) is 6.87. The molecule has 2 N–H and O–H groups in total. The number of anilines is 2. The summed E-state index contributed by atoms with van der Waals surface area (Å²) in [7, 11) is 1.57. The number of rotatable bonds is 12. The Hall–Kier alpha value is -4.15. The van der Waals surface area contributed by atoms with Gasteiger partial charge in [-0.2, -0.15) is 4.98 Å². The lowest BCUT2D eigenvalue weighted by atomic mass is 9.94. The number of carbonyl (C=O) groups excluding carboxylic acids is 1. The molecule has 1 atom stereocenters. The summed E-state index contributed by atoms with van der Waals surface area (Å²) in [4.78, 5) is 18.8. The maximum atomic E-state index is 14.0. The molecular formula is C32H34ClN5O4S. The van der Waals surface area contributed by atoms with E-state index in [0.29, 0.717) is 69.3 Å². The zero-order valence-electron chi connectivity index (χ0n) is 24.5. The van der Waals surface area contributed by atoms with Crippen molar-refractivity contribution >= 4 is 40.9 Å². The highest BCUT2D eigenvalue weighted by Crippen LogP contribution is 2.40. The first-order valence-electron chi connectivity index (χ1n) is 14.1. The van der Waals surface area contributed by atoms with Gasteiger partial charge in [-0.1, -0.05) is 66.7 Å². The molecule has 11 heteroatoms. The zero-order valence-corrected chi connectivity index (χ0v) is 26.1. The number of amides is 1.